The van der Waals surface area contributed by atoms with Gasteiger partial charge in [0.05, 0.1) is 6.33 Å². The Morgan fingerprint density at radius 1 is 1.43 bits per heavy atom. The van der Waals surface area contributed by atoms with E-state index in [0.717, 1.165) is 5.56 Å². The fourth-order valence-corrected chi connectivity index (χ4v) is 2.81. The predicted molar refractivity (Wildman–Crippen MR) is 76.4 cm³/mol. The highest BCUT2D eigenvalue weighted by Gasteiger charge is 2.17. The first kappa shape index (κ1) is 15.0. The first-order valence-corrected chi connectivity index (χ1v) is 7.67. The molecule has 0 radical (unpaired) electrons. The van der Waals surface area contributed by atoms with E-state index in [4.69, 9.17) is 5.11 Å². The molecule has 2 aromatic rings. The molecule has 0 aliphatic heterocycles. The quantitative estimate of drug-likeness (QED) is 0.836. The molecule has 8 heteroatoms. The Labute approximate surface area is 122 Å². The van der Waals surface area contributed by atoms with Crippen molar-refractivity contribution in [3.05, 3.63) is 42.4 Å². The number of aliphatic carboxylic acids is 1. The van der Waals surface area contributed by atoms with E-state index in [1.54, 1.807) is 31.3 Å². The lowest BCUT2D eigenvalue weighted by molar-refractivity contribution is -0.136. The smallest absolute Gasteiger partial charge is 0.303 e. The van der Waals surface area contributed by atoms with Crippen LogP contribution in [0.25, 0.3) is 0 Å². The van der Waals surface area contributed by atoms with E-state index >= 15 is 0 Å². The lowest BCUT2D eigenvalue weighted by Crippen LogP contribution is -2.13. The number of hydrogen-bond acceptors (Lipinski definition) is 4. The molecule has 0 bridgehead atoms. The molecule has 112 valence electrons. The summed E-state index contributed by atoms with van der Waals surface area (Å²) < 4.78 is 28.2. The van der Waals surface area contributed by atoms with Crippen LogP contribution in [0.4, 0.5) is 5.69 Å². The largest absolute Gasteiger partial charge is 0.481 e. The lowest BCUT2D eigenvalue weighted by atomic mass is 10.1. The van der Waals surface area contributed by atoms with Gasteiger partial charge in [0.25, 0.3) is 10.0 Å². The summed E-state index contributed by atoms with van der Waals surface area (Å²) in [7, 11) is -2.06. The van der Waals surface area contributed by atoms with Crippen LogP contribution in [-0.4, -0.2) is 29.0 Å². The van der Waals surface area contributed by atoms with Gasteiger partial charge < -0.3 is 9.67 Å². The van der Waals surface area contributed by atoms with E-state index < -0.39 is 16.0 Å². The topological polar surface area (TPSA) is 101 Å². The van der Waals surface area contributed by atoms with Crippen molar-refractivity contribution >= 4 is 21.7 Å². The first-order valence-electron chi connectivity index (χ1n) is 6.18. The number of carbonyl (C=O) groups is 1. The zero-order valence-corrected chi connectivity index (χ0v) is 12.2. The van der Waals surface area contributed by atoms with Crippen LogP contribution in [-0.2, 0) is 28.3 Å². The summed E-state index contributed by atoms with van der Waals surface area (Å²) in [6, 6.07) is 6.64. The third kappa shape index (κ3) is 4.06. The number of anilines is 1. The van der Waals surface area contributed by atoms with Crippen molar-refractivity contribution in [2.45, 2.75) is 17.9 Å². The molecule has 1 heterocycles. The highest BCUT2D eigenvalue weighted by molar-refractivity contribution is 7.92. The zero-order valence-electron chi connectivity index (χ0n) is 11.4. The Hall–Kier alpha value is -2.35. The maximum atomic E-state index is 12.1. The van der Waals surface area contributed by atoms with Crippen LogP contribution in [0, 0.1) is 0 Å². The van der Waals surface area contributed by atoms with Gasteiger partial charge in [-0.3, -0.25) is 9.52 Å². The molecule has 1 aromatic heterocycles. The fourth-order valence-electron chi connectivity index (χ4n) is 1.78. The van der Waals surface area contributed by atoms with Gasteiger partial charge in [-0.2, -0.15) is 8.42 Å². The molecule has 0 unspecified atom stereocenters. The summed E-state index contributed by atoms with van der Waals surface area (Å²) in [5, 5.41) is 8.59. The summed E-state index contributed by atoms with van der Waals surface area (Å²) in [5.74, 6) is -0.894. The Morgan fingerprint density at radius 2 is 2.19 bits per heavy atom. The van der Waals surface area contributed by atoms with Gasteiger partial charge in [0.1, 0.15) is 0 Å². The molecule has 0 amide bonds. The number of carboxylic acids is 1. The third-order valence-corrected chi connectivity index (χ3v) is 4.03. The Balaban J connectivity index is 2.16. The predicted octanol–water partition coefficient (Wildman–Crippen LogP) is 1.24. The van der Waals surface area contributed by atoms with Gasteiger partial charge in [0, 0.05) is 25.4 Å². The maximum Gasteiger partial charge on any atom is 0.303 e. The standard InChI is InChI=1S/C13H15N3O4S/c1-16-8-12(14-9-16)21(19,20)15-11-4-2-3-10(7-11)5-6-13(17)18/h2-4,7-9,15H,5-6H2,1H3,(H,17,18). The van der Waals surface area contributed by atoms with E-state index in [2.05, 4.69) is 9.71 Å². The number of aryl methyl sites for hydroxylation is 2. The average Bonchev–Trinajstić information content (AvgIpc) is 2.84. The number of sulfonamides is 1. The van der Waals surface area contributed by atoms with Gasteiger partial charge in [-0.1, -0.05) is 12.1 Å². The normalized spacial score (nSPS) is 11.3. The van der Waals surface area contributed by atoms with Crippen LogP contribution in [0.2, 0.25) is 0 Å². The van der Waals surface area contributed by atoms with Crippen LogP contribution in [0.15, 0.2) is 41.8 Å². The Morgan fingerprint density at radius 3 is 2.81 bits per heavy atom. The highest BCUT2D eigenvalue weighted by atomic mass is 32.2. The number of nitrogens with one attached hydrogen (secondary N) is 1. The number of rotatable bonds is 6. The summed E-state index contributed by atoms with van der Waals surface area (Å²) >= 11 is 0. The molecule has 7 nitrogen and oxygen atoms in total. The summed E-state index contributed by atoms with van der Waals surface area (Å²) in [6.07, 6.45) is 3.14. The van der Waals surface area contributed by atoms with Crippen LogP contribution in [0.1, 0.15) is 12.0 Å². The van der Waals surface area contributed by atoms with Crippen molar-refractivity contribution in [1.29, 1.82) is 0 Å². The number of nitrogens with zero attached hydrogens (tertiary/aromatic N) is 2. The summed E-state index contributed by atoms with van der Waals surface area (Å²) in [4.78, 5) is 14.4. The lowest BCUT2D eigenvalue weighted by Gasteiger charge is -2.07. The van der Waals surface area contributed by atoms with Gasteiger partial charge in [0.15, 0.2) is 5.03 Å². The van der Waals surface area contributed by atoms with Gasteiger partial charge in [-0.15, -0.1) is 0 Å². The monoisotopic (exact) mass is 309 g/mol. The van der Waals surface area contributed by atoms with Crippen LogP contribution in [0.5, 0.6) is 0 Å². The molecule has 1 aromatic carbocycles. The fraction of sp³-hybridized carbons (Fsp3) is 0.231. The number of aromatic nitrogens is 2. The molecule has 0 atom stereocenters. The van der Waals surface area contributed by atoms with Crippen LogP contribution in [0.3, 0.4) is 0 Å². The molecule has 0 aliphatic rings. The number of hydrogen-bond donors (Lipinski definition) is 2. The third-order valence-electron chi connectivity index (χ3n) is 2.76. The zero-order chi connectivity index (χ0) is 15.5. The minimum absolute atomic E-state index is 0.00353. The molecule has 21 heavy (non-hydrogen) atoms. The van der Waals surface area contributed by atoms with Crippen molar-refractivity contribution in [2.75, 3.05) is 4.72 Å². The highest BCUT2D eigenvalue weighted by Crippen LogP contribution is 2.16. The van der Waals surface area contributed by atoms with E-state index in [-0.39, 0.29) is 11.4 Å². The van der Waals surface area contributed by atoms with Crippen molar-refractivity contribution < 1.29 is 18.3 Å². The Bertz CT molecular complexity index is 752. The van der Waals surface area contributed by atoms with E-state index in [0.29, 0.717) is 12.1 Å². The van der Waals surface area contributed by atoms with Crippen LogP contribution >= 0.6 is 0 Å². The first-order chi connectivity index (χ1) is 9.87. The number of imidazole rings is 1. The summed E-state index contributed by atoms with van der Waals surface area (Å²) in [5.41, 5.74) is 1.13. The number of carboxylic acid groups (broad SMARTS) is 1. The number of benzene rings is 1. The SMILES string of the molecule is Cn1cnc(S(=O)(=O)Nc2cccc(CCC(=O)O)c2)c1. The van der Waals surface area contributed by atoms with Crippen molar-refractivity contribution in [2.24, 2.45) is 7.05 Å². The second-order valence-electron chi connectivity index (χ2n) is 4.58. The van der Waals surface area contributed by atoms with Gasteiger partial charge in [0.2, 0.25) is 0 Å². The average molecular weight is 309 g/mol. The second-order valence-corrected chi connectivity index (χ2v) is 6.21. The molecule has 0 aliphatic carbocycles. The maximum absolute atomic E-state index is 12.1. The van der Waals surface area contributed by atoms with Crippen LogP contribution < -0.4 is 4.72 Å². The molecule has 0 spiro atoms. The van der Waals surface area contributed by atoms with Gasteiger partial charge >= 0.3 is 5.97 Å². The second kappa shape index (κ2) is 5.96. The molecule has 2 N–H and O–H groups in total. The minimum Gasteiger partial charge on any atom is -0.481 e. The van der Waals surface area contributed by atoms with E-state index in [1.807, 2.05) is 0 Å². The van der Waals surface area contributed by atoms with Gasteiger partial charge in [-0.25, -0.2) is 4.98 Å². The summed E-state index contributed by atoms with van der Waals surface area (Å²) in [6.45, 7) is 0. The van der Waals surface area contributed by atoms with Crippen molar-refractivity contribution in [1.82, 2.24) is 9.55 Å². The molecular weight excluding hydrogens is 294 g/mol. The van der Waals surface area contributed by atoms with Crippen molar-refractivity contribution in [3.63, 3.8) is 0 Å². The molecule has 0 saturated heterocycles. The van der Waals surface area contributed by atoms with Gasteiger partial charge in [-0.05, 0) is 24.1 Å². The Kier molecular flexibility index (Phi) is 4.27. The van der Waals surface area contributed by atoms with Crippen molar-refractivity contribution in [3.8, 4) is 0 Å². The van der Waals surface area contributed by atoms with E-state index in [9.17, 15) is 13.2 Å². The van der Waals surface area contributed by atoms with E-state index in [1.165, 1.54) is 17.1 Å². The minimum atomic E-state index is -3.74. The molecule has 0 fully saturated rings. The molecule has 2 rings (SSSR count). The molecular formula is C13H15N3O4S. The molecule has 0 saturated carbocycles.